The van der Waals surface area contributed by atoms with E-state index in [4.69, 9.17) is 4.52 Å². The van der Waals surface area contributed by atoms with Crippen molar-refractivity contribution in [2.24, 2.45) is 0 Å². The van der Waals surface area contributed by atoms with Gasteiger partial charge in [-0.2, -0.15) is 0 Å². The first-order valence-electron chi connectivity index (χ1n) is 5.83. The molecule has 0 bridgehead atoms. The van der Waals surface area contributed by atoms with Crippen LogP contribution in [-0.4, -0.2) is 20.4 Å². The molecule has 0 spiro atoms. The van der Waals surface area contributed by atoms with E-state index < -0.39 is 0 Å². The quantitative estimate of drug-likeness (QED) is 0.762. The first-order valence-corrected chi connectivity index (χ1v) is 5.83. The summed E-state index contributed by atoms with van der Waals surface area (Å²) in [6, 6.07) is 7.25. The van der Waals surface area contributed by atoms with Crippen molar-refractivity contribution in [3.05, 3.63) is 47.6 Å². The van der Waals surface area contributed by atoms with Gasteiger partial charge in [0.05, 0.1) is 5.69 Å². The molecule has 0 fully saturated rings. The van der Waals surface area contributed by atoms with Crippen molar-refractivity contribution in [1.82, 2.24) is 14.5 Å². The number of nitrogens with zero attached hydrogens (tertiary/aromatic N) is 3. The molecule has 0 aromatic carbocycles. The summed E-state index contributed by atoms with van der Waals surface area (Å²) in [4.78, 5) is 16.6. The number of hydrogen-bond acceptors (Lipinski definition) is 4. The van der Waals surface area contributed by atoms with Gasteiger partial charge in [0, 0.05) is 12.3 Å². The van der Waals surface area contributed by atoms with Gasteiger partial charge >= 0.3 is 0 Å². The SMILES string of the molecule is Cc1cc(NC(=O)c2c(C)nc3ccccn23)no1. The minimum atomic E-state index is -0.260. The lowest BCUT2D eigenvalue weighted by Gasteiger charge is -2.02. The molecular weight excluding hydrogens is 244 g/mol. The normalized spacial score (nSPS) is 10.8. The summed E-state index contributed by atoms with van der Waals surface area (Å²) in [7, 11) is 0. The number of nitrogens with one attached hydrogen (secondary N) is 1. The van der Waals surface area contributed by atoms with Gasteiger partial charge in [-0.15, -0.1) is 0 Å². The van der Waals surface area contributed by atoms with Crippen LogP contribution >= 0.6 is 0 Å². The van der Waals surface area contributed by atoms with E-state index in [9.17, 15) is 4.79 Å². The largest absolute Gasteiger partial charge is 0.360 e. The van der Waals surface area contributed by atoms with E-state index in [1.54, 1.807) is 30.5 Å². The highest BCUT2D eigenvalue weighted by atomic mass is 16.5. The zero-order valence-electron chi connectivity index (χ0n) is 10.5. The van der Waals surface area contributed by atoms with E-state index in [-0.39, 0.29) is 5.91 Å². The third-order valence-electron chi connectivity index (χ3n) is 2.79. The molecular formula is C13H12N4O2. The smallest absolute Gasteiger partial charge is 0.275 e. The van der Waals surface area contributed by atoms with E-state index in [1.807, 2.05) is 18.2 Å². The third kappa shape index (κ3) is 1.97. The number of aryl methyl sites for hydroxylation is 2. The molecule has 1 N–H and O–H groups in total. The molecule has 6 nitrogen and oxygen atoms in total. The van der Waals surface area contributed by atoms with Crippen LogP contribution in [0.4, 0.5) is 5.82 Å². The van der Waals surface area contributed by atoms with Crippen LogP contribution in [0.25, 0.3) is 5.65 Å². The van der Waals surface area contributed by atoms with E-state index in [0.717, 1.165) is 5.65 Å². The molecule has 0 saturated carbocycles. The Hall–Kier alpha value is -2.63. The molecule has 0 aliphatic heterocycles. The summed E-state index contributed by atoms with van der Waals surface area (Å²) >= 11 is 0. The number of anilines is 1. The lowest BCUT2D eigenvalue weighted by atomic mass is 10.3. The lowest BCUT2D eigenvalue weighted by molar-refractivity contribution is 0.102. The maximum atomic E-state index is 12.3. The first-order chi connectivity index (χ1) is 9.15. The van der Waals surface area contributed by atoms with Crippen molar-refractivity contribution < 1.29 is 9.32 Å². The van der Waals surface area contributed by atoms with Crippen molar-refractivity contribution >= 4 is 17.4 Å². The molecule has 0 saturated heterocycles. The third-order valence-corrected chi connectivity index (χ3v) is 2.79. The Kier molecular flexibility index (Phi) is 2.56. The van der Waals surface area contributed by atoms with Crippen LogP contribution in [0.5, 0.6) is 0 Å². The Bertz CT molecular complexity index is 757. The molecule has 0 aliphatic carbocycles. The molecule has 6 heteroatoms. The molecule has 1 amide bonds. The van der Waals surface area contributed by atoms with Crippen molar-refractivity contribution in [2.45, 2.75) is 13.8 Å². The number of carbonyl (C=O) groups excluding carboxylic acids is 1. The maximum Gasteiger partial charge on any atom is 0.275 e. The van der Waals surface area contributed by atoms with Crippen LogP contribution in [0.15, 0.2) is 35.0 Å². The number of hydrogen-bond donors (Lipinski definition) is 1. The van der Waals surface area contributed by atoms with Crippen molar-refractivity contribution in [3.63, 3.8) is 0 Å². The highest BCUT2D eigenvalue weighted by molar-refractivity contribution is 6.03. The van der Waals surface area contributed by atoms with Crippen molar-refractivity contribution in [3.8, 4) is 0 Å². The minimum absolute atomic E-state index is 0.260. The summed E-state index contributed by atoms with van der Waals surface area (Å²) in [5, 5.41) is 6.43. The predicted molar refractivity (Wildman–Crippen MR) is 69.1 cm³/mol. The molecule has 0 aliphatic rings. The van der Waals surface area contributed by atoms with Gasteiger partial charge in [-0.25, -0.2) is 4.98 Å². The fourth-order valence-corrected chi connectivity index (χ4v) is 1.99. The Morgan fingerprint density at radius 3 is 2.95 bits per heavy atom. The molecule has 96 valence electrons. The summed E-state index contributed by atoms with van der Waals surface area (Å²) in [5.74, 6) is 0.780. The molecule has 0 atom stereocenters. The van der Waals surface area contributed by atoms with Crippen LogP contribution in [-0.2, 0) is 0 Å². The fourth-order valence-electron chi connectivity index (χ4n) is 1.99. The Morgan fingerprint density at radius 2 is 2.21 bits per heavy atom. The number of aromatic nitrogens is 3. The number of carbonyl (C=O) groups is 1. The van der Waals surface area contributed by atoms with E-state index >= 15 is 0 Å². The molecule has 3 rings (SSSR count). The van der Waals surface area contributed by atoms with Crippen LogP contribution in [0.2, 0.25) is 0 Å². The summed E-state index contributed by atoms with van der Waals surface area (Å²) in [5.41, 5.74) is 1.90. The van der Waals surface area contributed by atoms with Gasteiger partial charge in [0.15, 0.2) is 5.82 Å². The zero-order valence-corrected chi connectivity index (χ0v) is 10.5. The van der Waals surface area contributed by atoms with Gasteiger partial charge in [0.25, 0.3) is 5.91 Å². The van der Waals surface area contributed by atoms with Gasteiger partial charge in [-0.3, -0.25) is 9.20 Å². The fraction of sp³-hybridized carbons (Fsp3) is 0.154. The van der Waals surface area contributed by atoms with E-state index in [0.29, 0.717) is 23.0 Å². The number of amides is 1. The summed E-state index contributed by atoms with van der Waals surface area (Å²) in [6.07, 6.45) is 1.80. The topological polar surface area (TPSA) is 72.4 Å². The molecule has 3 aromatic rings. The minimum Gasteiger partial charge on any atom is -0.360 e. The van der Waals surface area contributed by atoms with Gasteiger partial charge in [-0.1, -0.05) is 11.2 Å². The second-order valence-electron chi connectivity index (χ2n) is 4.25. The van der Waals surface area contributed by atoms with Crippen LogP contribution < -0.4 is 5.32 Å². The Morgan fingerprint density at radius 1 is 1.37 bits per heavy atom. The second-order valence-corrected chi connectivity index (χ2v) is 4.25. The monoisotopic (exact) mass is 256 g/mol. The highest BCUT2D eigenvalue weighted by Crippen LogP contribution is 2.14. The average Bonchev–Trinajstić information content (AvgIpc) is 2.91. The van der Waals surface area contributed by atoms with Crippen molar-refractivity contribution in [2.75, 3.05) is 5.32 Å². The zero-order chi connectivity index (χ0) is 13.4. The van der Waals surface area contributed by atoms with E-state index in [2.05, 4.69) is 15.5 Å². The van der Waals surface area contributed by atoms with Gasteiger partial charge in [0.2, 0.25) is 0 Å². The first kappa shape index (κ1) is 11.5. The molecule has 0 unspecified atom stereocenters. The van der Waals surface area contributed by atoms with E-state index in [1.165, 1.54) is 0 Å². The van der Waals surface area contributed by atoms with Gasteiger partial charge in [0.1, 0.15) is 17.1 Å². The molecule has 3 aromatic heterocycles. The van der Waals surface area contributed by atoms with Gasteiger partial charge in [-0.05, 0) is 26.0 Å². The maximum absolute atomic E-state index is 12.3. The highest BCUT2D eigenvalue weighted by Gasteiger charge is 2.17. The number of rotatable bonds is 2. The standard InChI is InChI=1S/C13H12N4O2/c1-8-7-10(16-19-8)15-13(18)12-9(2)14-11-5-3-4-6-17(11)12/h3-7H,1-2H3,(H,15,16,18). The summed E-state index contributed by atoms with van der Waals surface area (Å²) < 4.78 is 6.66. The van der Waals surface area contributed by atoms with Crippen LogP contribution in [0.3, 0.4) is 0 Å². The number of imidazole rings is 1. The average molecular weight is 256 g/mol. The summed E-state index contributed by atoms with van der Waals surface area (Å²) in [6.45, 7) is 3.57. The lowest BCUT2D eigenvalue weighted by Crippen LogP contribution is -2.15. The van der Waals surface area contributed by atoms with Gasteiger partial charge < -0.3 is 9.84 Å². The van der Waals surface area contributed by atoms with Crippen molar-refractivity contribution in [1.29, 1.82) is 0 Å². The predicted octanol–water partition coefficient (Wildman–Crippen LogP) is 2.19. The number of pyridine rings is 1. The molecule has 3 heterocycles. The molecule has 19 heavy (non-hydrogen) atoms. The second kappa shape index (κ2) is 4.24. The Balaban J connectivity index is 1.99. The molecule has 0 radical (unpaired) electrons. The van der Waals surface area contributed by atoms with Crippen LogP contribution in [0, 0.1) is 13.8 Å². The van der Waals surface area contributed by atoms with Crippen LogP contribution in [0.1, 0.15) is 21.9 Å². The Labute approximate surface area is 109 Å². The number of fused-ring (bicyclic) bond motifs is 1.